The van der Waals surface area contributed by atoms with E-state index in [9.17, 15) is 19.2 Å². The van der Waals surface area contributed by atoms with Crippen LogP contribution in [0.4, 0.5) is 4.79 Å². The topological polar surface area (TPSA) is 131 Å². The van der Waals surface area contributed by atoms with Gasteiger partial charge in [0.2, 0.25) is 5.91 Å². The van der Waals surface area contributed by atoms with Crippen LogP contribution >= 0.6 is 0 Å². The molecule has 0 fully saturated rings. The molecule has 0 spiro atoms. The number of alkyl carbamates (subject to hydrolysis) is 1. The van der Waals surface area contributed by atoms with Crippen molar-refractivity contribution in [2.24, 2.45) is 5.92 Å². The lowest BCUT2D eigenvalue weighted by atomic mass is 10.0. The van der Waals surface area contributed by atoms with Crippen molar-refractivity contribution >= 4 is 23.8 Å². The molecule has 0 bridgehead atoms. The third-order valence-corrected chi connectivity index (χ3v) is 4.33. The lowest BCUT2D eigenvalue weighted by Crippen LogP contribution is -2.52. The Morgan fingerprint density at radius 2 is 1.71 bits per heavy atom. The first-order chi connectivity index (χ1) is 14.7. The second kappa shape index (κ2) is 14.1. The van der Waals surface area contributed by atoms with Gasteiger partial charge in [0.05, 0.1) is 6.04 Å². The van der Waals surface area contributed by atoms with Crippen LogP contribution in [-0.2, 0) is 30.5 Å². The Morgan fingerprint density at radius 1 is 1.03 bits per heavy atom. The zero-order chi connectivity index (χ0) is 23.2. The summed E-state index contributed by atoms with van der Waals surface area (Å²) in [5, 5.41) is 14.0. The highest BCUT2D eigenvalue weighted by atomic mass is 16.5. The predicted molar refractivity (Wildman–Crippen MR) is 113 cm³/mol. The maximum absolute atomic E-state index is 12.8. The summed E-state index contributed by atoms with van der Waals surface area (Å²) in [5.41, 5.74) is 0.803. The number of ketones is 1. The molecule has 0 aliphatic carbocycles. The maximum Gasteiger partial charge on any atom is 0.408 e. The third-order valence-electron chi connectivity index (χ3n) is 4.33. The molecular formula is C22H32N2O7. The lowest BCUT2D eigenvalue weighted by Gasteiger charge is -2.23. The molecular weight excluding hydrogens is 404 g/mol. The number of carbonyl (C=O) groups excluding carboxylic acids is 3. The molecule has 1 rings (SSSR count). The second-order valence-corrected chi connectivity index (χ2v) is 7.49. The minimum absolute atomic E-state index is 0.0524. The number of hydrogen-bond acceptors (Lipinski definition) is 6. The van der Waals surface area contributed by atoms with Crippen LogP contribution in [0.25, 0.3) is 0 Å². The van der Waals surface area contributed by atoms with Crippen LogP contribution < -0.4 is 10.6 Å². The predicted octanol–water partition coefficient (Wildman–Crippen LogP) is 2.28. The molecule has 0 heterocycles. The number of nitrogens with one attached hydrogen (secondary N) is 2. The number of hydrogen-bond donors (Lipinski definition) is 3. The van der Waals surface area contributed by atoms with Crippen molar-refractivity contribution in [1.29, 1.82) is 0 Å². The number of carboxylic acid groups (broad SMARTS) is 1. The lowest BCUT2D eigenvalue weighted by molar-refractivity contribution is -0.138. The molecule has 0 saturated carbocycles. The van der Waals surface area contributed by atoms with Gasteiger partial charge in [0.25, 0.3) is 0 Å². The summed E-state index contributed by atoms with van der Waals surface area (Å²) < 4.78 is 10.3. The molecule has 9 nitrogen and oxygen atoms in total. The number of benzene rings is 1. The fourth-order valence-electron chi connectivity index (χ4n) is 2.77. The van der Waals surface area contributed by atoms with E-state index in [-0.39, 0.29) is 32.0 Å². The van der Waals surface area contributed by atoms with Crippen LogP contribution in [-0.4, -0.2) is 54.2 Å². The SMILES string of the molecule is CCOCC(=O)C(CCC(=O)O)NC(=O)[C@H](CC(C)C)NC(=O)OCc1ccccc1. The van der Waals surface area contributed by atoms with Crippen molar-refractivity contribution < 1.29 is 33.8 Å². The van der Waals surface area contributed by atoms with Crippen LogP contribution in [0.15, 0.2) is 30.3 Å². The summed E-state index contributed by atoms with van der Waals surface area (Å²) in [7, 11) is 0. The van der Waals surface area contributed by atoms with E-state index in [4.69, 9.17) is 14.6 Å². The van der Waals surface area contributed by atoms with Gasteiger partial charge in [0.1, 0.15) is 19.3 Å². The van der Waals surface area contributed by atoms with Gasteiger partial charge >= 0.3 is 12.1 Å². The minimum atomic E-state index is -1.08. The van der Waals surface area contributed by atoms with Crippen LogP contribution in [0.5, 0.6) is 0 Å². The maximum atomic E-state index is 12.8. The van der Waals surface area contributed by atoms with E-state index >= 15 is 0 Å². The van der Waals surface area contributed by atoms with Gasteiger partial charge in [-0.2, -0.15) is 0 Å². The summed E-state index contributed by atoms with van der Waals surface area (Å²) in [6, 6.07) is 7.15. The van der Waals surface area contributed by atoms with E-state index in [1.807, 2.05) is 44.2 Å². The van der Waals surface area contributed by atoms with Gasteiger partial charge in [-0.05, 0) is 31.2 Å². The molecule has 2 amide bonds. The number of amides is 2. The highest BCUT2D eigenvalue weighted by Crippen LogP contribution is 2.08. The molecule has 9 heteroatoms. The first kappa shape index (κ1) is 26.1. The Morgan fingerprint density at radius 3 is 2.29 bits per heavy atom. The molecule has 1 unspecified atom stereocenters. The molecule has 3 N–H and O–H groups in total. The van der Waals surface area contributed by atoms with Crippen molar-refractivity contribution in [3.8, 4) is 0 Å². The smallest absolute Gasteiger partial charge is 0.408 e. The molecule has 172 valence electrons. The van der Waals surface area contributed by atoms with Gasteiger partial charge in [-0.3, -0.25) is 14.4 Å². The Kier molecular flexibility index (Phi) is 11.9. The molecule has 0 radical (unpaired) electrons. The van der Waals surface area contributed by atoms with Gasteiger partial charge in [-0.1, -0.05) is 44.2 Å². The summed E-state index contributed by atoms with van der Waals surface area (Å²) >= 11 is 0. The number of carbonyl (C=O) groups is 4. The quantitative estimate of drug-likeness (QED) is 0.408. The second-order valence-electron chi connectivity index (χ2n) is 7.49. The fourth-order valence-corrected chi connectivity index (χ4v) is 2.77. The summed E-state index contributed by atoms with van der Waals surface area (Å²) in [6.07, 6.45) is -0.797. The largest absolute Gasteiger partial charge is 0.481 e. The van der Waals surface area contributed by atoms with Crippen LogP contribution in [0.2, 0.25) is 0 Å². The highest BCUT2D eigenvalue weighted by molar-refractivity contribution is 5.92. The van der Waals surface area contributed by atoms with Gasteiger partial charge < -0.3 is 25.2 Å². The van der Waals surface area contributed by atoms with Gasteiger partial charge in [-0.15, -0.1) is 0 Å². The molecule has 0 saturated heterocycles. The summed E-state index contributed by atoms with van der Waals surface area (Å²) in [4.78, 5) is 48.3. The Bertz CT molecular complexity index is 722. The van der Waals surface area contributed by atoms with Gasteiger partial charge in [0.15, 0.2) is 5.78 Å². The number of ether oxygens (including phenoxy) is 2. The first-order valence-corrected chi connectivity index (χ1v) is 10.3. The zero-order valence-corrected chi connectivity index (χ0v) is 18.3. The Hall–Kier alpha value is -2.94. The number of carboxylic acids is 1. The molecule has 0 aliphatic heterocycles. The van der Waals surface area contributed by atoms with Gasteiger partial charge in [0, 0.05) is 13.0 Å². The van der Waals surface area contributed by atoms with Gasteiger partial charge in [-0.25, -0.2) is 4.79 Å². The van der Waals surface area contributed by atoms with Crippen molar-refractivity contribution in [3.05, 3.63) is 35.9 Å². The van der Waals surface area contributed by atoms with Crippen LogP contribution in [0, 0.1) is 5.92 Å². The molecule has 0 aliphatic rings. The van der Waals surface area contributed by atoms with E-state index in [2.05, 4.69) is 10.6 Å². The van der Waals surface area contributed by atoms with Crippen molar-refractivity contribution in [2.75, 3.05) is 13.2 Å². The Balaban J connectivity index is 2.76. The standard InChI is InChI=1S/C22H32N2O7/c1-4-30-14-19(25)17(10-11-20(26)27)23-21(28)18(12-15(2)3)24-22(29)31-13-16-8-6-5-7-9-16/h5-9,15,17-18H,4,10-14H2,1-3H3,(H,23,28)(H,24,29)(H,26,27)/t17?,18-/m0/s1. The average Bonchev–Trinajstić information content (AvgIpc) is 2.73. The Labute approximate surface area is 182 Å². The van der Waals surface area contributed by atoms with Crippen molar-refractivity contribution in [3.63, 3.8) is 0 Å². The van der Waals surface area contributed by atoms with E-state index in [0.717, 1.165) is 5.56 Å². The fraction of sp³-hybridized carbons (Fsp3) is 0.545. The van der Waals surface area contributed by atoms with Crippen LogP contribution in [0.1, 0.15) is 45.6 Å². The van der Waals surface area contributed by atoms with Crippen molar-refractivity contribution in [1.82, 2.24) is 10.6 Å². The van der Waals surface area contributed by atoms with E-state index in [0.29, 0.717) is 13.0 Å². The zero-order valence-electron chi connectivity index (χ0n) is 18.3. The average molecular weight is 437 g/mol. The normalized spacial score (nSPS) is 12.6. The van der Waals surface area contributed by atoms with Crippen LogP contribution in [0.3, 0.4) is 0 Å². The summed E-state index contributed by atoms with van der Waals surface area (Å²) in [6.45, 7) is 5.63. The van der Waals surface area contributed by atoms with E-state index in [1.165, 1.54) is 0 Å². The van der Waals surface area contributed by atoms with Crippen molar-refractivity contribution in [2.45, 2.75) is 58.7 Å². The highest BCUT2D eigenvalue weighted by Gasteiger charge is 2.28. The van der Waals surface area contributed by atoms with E-state index < -0.39 is 35.8 Å². The first-order valence-electron chi connectivity index (χ1n) is 10.3. The minimum Gasteiger partial charge on any atom is -0.481 e. The molecule has 0 aromatic heterocycles. The molecule has 2 atom stereocenters. The summed E-state index contributed by atoms with van der Waals surface area (Å²) in [5.74, 6) is -2.01. The number of aliphatic carboxylic acids is 1. The molecule has 1 aromatic rings. The van der Waals surface area contributed by atoms with E-state index in [1.54, 1.807) is 6.92 Å². The monoisotopic (exact) mass is 436 g/mol. The molecule has 1 aromatic carbocycles. The number of Topliss-reactive ketones (excluding diaryl/α,β-unsaturated/α-hetero) is 1. The molecule has 31 heavy (non-hydrogen) atoms. The number of rotatable bonds is 14. The third kappa shape index (κ3) is 11.1.